The van der Waals surface area contributed by atoms with Crippen LogP contribution in [-0.4, -0.2) is 18.6 Å². The maximum absolute atomic E-state index is 12.3. The normalized spacial score (nSPS) is 22.0. The fourth-order valence-corrected chi connectivity index (χ4v) is 3.97. The molecule has 2 aromatic carbocycles. The molecule has 0 radical (unpaired) electrons. The molecule has 0 aromatic heterocycles. The van der Waals surface area contributed by atoms with Crippen LogP contribution >= 0.6 is 10.7 Å². The average Bonchev–Trinajstić information content (AvgIpc) is 2.45. The summed E-state index contributed by atoms with van der Waals surface area (Å²) in [5.74, 6) is -1.02. The molecule has 2 unspecified atom stereocenters. The second-order valence-corrected chi connectivity index (χ2v) is 7.21. The lowest BCUT2D eigenvalue weighted by Crippen LogP contribution is -2.54. The number of nitrogens with zero attached hydrogens (tertiary/aromatic N) is 1. The van der Waals surface area contributed by atoms with Gasteiger partial charge in [-0.25, -0.2) is 4.31 Å². The molecule has 1 saturated heterocycles. The van der Waals surface area contributed by atoms with E-state index >= 15 is 0 Å². The van der Waals surface area contributed by atoms with E-state index in [-0.39, 0.29) is 0 Å². The zero-order valence-corrected chi connectivity index (χ0v) is 12.5. The van der Waals surface area contributed by atoms with Crippen LogP contribution in [0.1, 0.15) is 23.1 Å². The number of carbonyl (C=O) groups excluding carboxylic acids is 1. The highest BCUT2D eigenvalue weighted by Crippen LogP contribution is 2.48. The number of halogens is 1. The van der Waals surface area contributed by atoms with Gasteiger partial charge in [-0.05, 0) is 11.1 Å². The second-order valence-electron chi connectivity index (χ2n) is 4.82. The minimum Gasteiger partial charge on any atom is -0.273 e. The van der Waals surface area contributed by atoms with Crippen LogP contribution in [0, 0.1) is 0 Å². The van der Waals surface area contributed by atoms with Gasteiger partial charge >= 0.3 is 9.24 Å². The smallest absolute Gasteiger partial charge is 0.273 e. The fraction of sp³-hybridized carbons (Fsp3) is 0.133. The monoisotopic (exact) mass is 321 g/mol. The molecule has 3 rings (SSSR count). The molecule has 0 N–H and O–H groups in total. The summed E-state index contributed by atoms with van der Waals surface area (Å²) in [5.41, 5.74) is 1.53. The standard InChI is InChI=1S/C15H12ClNO3S/c16-21(19,20)17-14(12-9-5-2-6-10-12)13(15(17)18)11-7-3-1-4-8-11/h1-10,13-14H. The summed E-state index contributed by atoms with van der Waals surface area (Å²) < 4.78 is 24.1. The Hall–Kier alpha value is -1.85. The highest BCUT2D eigenvalue weighted by molar-refractivity contribution is 8.12. The summed E-state index contributed by atoms with van der Waals surface area (Å²) in [5, 5.41) is 0. The molecule has 6 heteroatoms. The van der Waals surface area contributed by atoms with E-state index in [2.05, 4.69) is 0 Å². The van der Waals surface area contributed by atoms with Crippen molar-refractivity contribution < 1.29 is 13.2 Å². The first kappa shape index (κ1) is 14.1. The Bertz CT molecular complexity index is 762. The van der Waals surface area contributed by atoms with E-state index in [0.717, 1.165) is 15.4 Å². The van der Waals surface area contributed by atoms with Gasteiger partial charge in [-0.1, -0.05) is 60.7 Å². The first-order valence-corrected chi connectivity index (χ1v) is 8.64. The number of rotatable bonds is 3. The van der Waals surface area contributed by atoms with E-state index in [4.69, 9.17) is 10.7 Å². The number of hydrogen-bond donors (Lipinski definition) is 0. The third-order valence-electron chi connectivity index (χ3n) is 3.59. The maximum Gasteiger partial charge on any atom is 0.324 e. The molecule has 4 nitrogen and oxygen atoms in total. The van der Waals surface area contributed by atoms with E-state index in [1.807, 2.05) is 36.4 Å². The fourth-order valence-electron chi connectivity index (χ4n) is 2.67. The largest absolute Gasteiger partial charge is 0.324 e. The number of benzene rings is 2. The lowest BCUT2D eigenvalue weighted by Gasteiger charge is -2.44. The second kappa shape index (κ2) is 5.16. The minimum atomic E-state index is -4.10. The molecule has 2 atom stereocenters. The summed E-state index contributed by atoms with van der Waals surface area (Å²) in [6.07, 6.45) is 0. The summed E-state index contributed by atoms with van der Waals surface area (Å²) >= 11 is 0. The van der Waals surface area contributed by atoms with Gasteiger partial charge in [0.25, 0.3) is 0 Å². The van der Waals surface area contributed by atoms with Crippen LogP contribution in [0.5, 0.6) is 0 Å². The Kier molecular flexibility index (Phi) is 3.47. The van der Waals surface area contributed by atoms with Gasteiger partial charge in [0.15, 0.2) is 0 Å². The van der Waals surface area contributed by atoms with Crippen molar-refractivity contribution in [3.8, 4) is 0 Å². The zero-order valence-electron chi connectivity index (χ0n) is 10.9. The van der Waals surface area contributed by atoms with Crippen molar-refractivity contribution in [3.05, 3.63) is 71.8 Å². The van der Waals surface area contributed by atoms with Gasteiger partial charge in [0.1, 0.15) is 0 Å². The Labute approximate surface area is 127 Å². The zero-order chi connectivity index (χ0) is 15.0. The molecule has 21 heavy (non-hydrogen) atoms. The van der Waals surface area contributed by atoms with Gasteiger partial charge in [0.2, 0.25) is 5.91 Å². The molecule has 108 valence electrons. The molecule has 0 aliphatic carbocycles. The molecule has 1 amide bonds. The van der Waals surface area contributed by atoms with E-state index in [0.29, 0.717) is 0 Å². The summed E-state index contributed by atoms with van der Waals surface area (Å²) in [6.45, 7) is 0. The molecule has 0 bridgehead atoms. The minimum absolute atomic E-state index is 0.495. The molecule has 1 aliphatic rings. The first-order valence-electron chi connectivity index (χ1n) is 6.38. The van der Waals surface area contributed by atoms with Crippen LogP contribution < -0.4 is 0 Å². The average molecular weight is 322 g/mol. The number of β-lactam (4-membered cyclic amide) rings is 1. The van der Waals surface area contributed by atoms with Gasteiger partial charge in [-0.3, -0.25) is 4.79 Å². The Balaban J connectivity index is 2.07. The van der Waals surface area contributed by atoms with Crippen molar-refractivity contribution >= 4 is 25.8 Å². The van der Waals surface area contributed by atoms with Crippen molar-refractivity contribution in [2.24, 2.45) is 0 Å². The van der Waals surface area contributed by atoms with Crippen molar-refractivity contribution in [1.82, 2.24) is 4.31 Å². The van der Waals surface area contributed by atoms with Crippen LogP contribution in [0.15, 0.2) is 60.7 Å². The highest BCUT2D eigenvalue weighted by atomic mass is 35.7. The van der Waals surface area contributed by atoms with Crippen molar-refractivity contribution in [1.29, 1.82) is 0 Å². The molecular formula is C15H12ClNO3S. The van der Waals surface area contributed by atoms with E-state index in [1.165, 1.54) is 0 Å². The van der Waals surface area contributed by atoms with Crippen LogP contribution in [-0.2, 0) is 14.0 Å². The van der Waals surface area contributed by atoms with Crippen LogP contribution in [0.25, 0.3) is 0 Å². The predicted octanol–water partition coefficient (Wildman–Crippen LogP) is 2.84. The molecule has 1 fully saturated rings. The molecule has 0 saturated carbocycles. The van der Waals surface area contributed by atoms with Gasteiger partial charge in [0.05, 0.1) is 12.0 Å². The number of amides is 1. The Morgan fingerprint density at radius 1 is 0.857 bits per heavy atom. The highest BCUT2D eigenvalue weighted by Gasteiger charge is 2.54. The van der Waals surface area contributed by atoms with E-state index in [9.17, 15) is 13.2 Å². The molecule has 1 aliphatic heterocycles. The maximum atomic E-state index is 12.3. The molecule has 1 heterocycles. The first-order chi connectivity index (χ1) is 10.00. The number of carbonyl (C=O) groups is 1. The lowest BCUT2D eigenvalue weighted by atomic mass is 9.80. The predicted molar refractivity (Wildman–Crippen MR) is 80.0 cm³/mol. The van der Waals surface area contributed by atoms with Crippen molar-refractivity contribution in [2.45, 2.75) is 12.0 Å². The van der Waals surface area contributed by atoms with Gasteiger partial charge < -0.3 is 0 Å². The molecule has 0 spiro atoms. The SMILES string of the molecule is O=C1C(c2ccccc2)C(c2ccccc2)N1S(=O)(=O)Cl. The number of hydrogen-bond acceptors (Lipinski definition) is 3. The summed E-state index contributed by atoms with van der Waals surface area (Å²) in [6, 6.07) is 17.6. The molecule has 2 aromatic rings. The Morgan fingerprint density at radius 3 is 1.81 bits per heavy atom. The molecular weight excluding hydrogens is 310 g/mol. The van der Waals surface area contributed by atoms with Crippen molar-refractivity contribution in [2.75, 3.05) is 0 Å². The van der Waals surface area contributed by atoms with Crippen LogP contribution in [0.2, 0.25) is 0 Å². The van der Waals surface area contributed by atoms with Gasteiger partial charge in [0, 0.05) is 10.7 Å². The third-order valence-corrected chi connectivity index (χ3v) is 4.91. The van der Waals surface area contributed by atoms with Crippen LogP contribution in [0.3, 0.4) is 0 Å². The van der Waals surface area contributed by atoms with Gasteiger partial charge in [-0.15, -0.1) is 0 Å². The quantitative estimate of drug-likeness (QED) is 0.645. The van der Waals surface area contributed by atoms with E-state index in [1.54, 1.807) is 24.3 Å². The third kappa shape index (κ3) is 2.43. The summed E-state index contributed by atoms with van der Waals surface area (Å²) in [7, 11) is 1.31. The van der Waals surface area contributed by atoms with Crippen molar-refractivity contribution in [3.63, 3.8) is 0 Å². The lowest BCUT2D eigenvalue weighted by molar-refractivity contribution is -0.141. The van der Waals surface area contributed by atoms with Crippen LogP contribution in [0.4, 0.5) is 0 Å². The Morgan fingerprint density at radius 2 is 1.33 bits per heavy atom. The van der Waals surface area contributed by atoms with E-state index < -0.39 is 27.1 Å². The van der Waals surface area contributed by atoms with Gasteiger partial charge in [-0.2, -0.15) is 8.42 Å². The summed E-state index contributed by atoms with van der Waals surface area (Å²) in [4.78, 5) is 12.3. The topological polar surface area (TPSA) is 54.5 Å².